The first-order valence-corrected chi connectivity index (χ1v) is 6.86. The lowest BCUT2D eigenvalue weighted by Crippen LogP contribution is -2.27. The summed E-state index contributed by atoms with van der Waals surface area (Å²) < 4.78 is 2.19. The summed E-state index contributed by atoms with van der Waals surface area (Å²) in [6.45, 7) is 10.9. The summed E-state index contributed by atoms with van der Waals surface area (Å²) in [6.07, 6.45) is 7.82. The van der Waals surface area contributed by atoms with Crippen LogP contribution < -0.4 is 5.32 Å². The van der Waals surface area contributed by atoms with Crippen molar-refractivity contribution in [1.82, 2.24) is 14.9 Å². The van der Waals surface area contributed by atoms with Crippen molar-refractivity contribution < 1.29 is 0 Å². The first kappa shape index (κ1) is 14.2. The monoisotopic (exact) mass is 237 g/mol. The van der Waals surface area contributed by atoms with Crippen LogP contribution in [0.1, 0.15) is 52.8 Å². The maximum Gasteiger partial charge on any atom is 0.122 e. The molecule has 0 saturated carbocycles. The quantitative estimate of drug-likeness (QED) is 0.752. The molecule has 3 heteroatoms. The molecule has 0 amide bonds. The van der Waals surface area contributed by atoms with Crippen LogP contribution in [0.25, 0.3) is 0 Å². The van der Waals surface area contributed by atoms with E-state index in [0.29, 0.717) is 6.04 Å². The van der Waals surface area contributed by atoms with E-state index in [1.807, 2.05) is 12.4 Å². The van der Waals surface area contributed by atoms with Crippen molar-refractivity contribution in [2.24, 2.45) is 5.92 Å². The predicted octanol–water partition coefficient (Wildman–Crippen LogP) is 3.21. The van der Waals surface area contributed by atoms with E-state index in [2.05, 4.69) is 42.6 Å². The molecule has 0 bridgehead atoms. The van der Waals surface area contributed by atoms with Gasteiger partial charge in [0, 0.05) is 25.0 Å². The fraction of sp³-hybridized carbons (Fsp3) is 0.786. The zero-order chi connectivity index (χ0) is 12.7. The summed E-state index contributed by atoms with van der Waals surface area (Å²) in [5.74, 6) is 1.96. The highest BCUT2D eigenvalue weighted by Crippen LogP contribution is 2.08. The Morgan fingerprint density at radius 3 is 2.71 bits per heavy atom. The van der Waals surface area contributed by atoms with Crippen molar-refractivity contribution in [3.63, 3.8) is 0 Å². The SMILES string of the molecule is CCn1ccnc1CNC(C)CCCC(C)C. The summed E-state index contributed by atoms with van der Waals surface area (Å²) in [5.41, 5.74) is 0. The normalized spacial score (nSPS) is 13.2. The topological polar surface area (TPSA) is 29.9 Å². The van der Waals surface area contributed by atoms with E-state index >= 15 is 0 Å². The van der Waals surface area contributed by atoms with Gasteiger partial charge in [0.1, 0.15) is 5.82 Å². The summed E-state index contributed by atoms with van der Waals surface area (Å²) >= 11 is 0. The zero-order valence-corrected chi connectivity index (χ0v) is 11.7. The van der Waals surface area contributed by atoms with E-state index in [1.165, 1.54) is 19.3 Å². The first-order valence-electron chi connectivity index (χ1n) is 6.86. The van der Waals surface area contributed by atoms with Crippen LogP contribution in [-0.4, -0.2) is 15.6 Å². The van der Waals surface area contributed by atoms with Crippen molar-refractivity contribution in [1.29, 1.82) is 0 Å². The molecule has 0 spiro atoms. The largest absolute Gasteiger partial charge is 0.334 e. The van der Waals surface area contributed by atoms with E-state index in [4.69, 9.17) is 0 Å². The number of imidazole rings is 1. The number of rotatable bonds is 8. The highest BCUT2D eigenvalue weighted by atomic mass is 15.1. The molecule has 1 rings (SSSR count). The number of hydrogen-bond acceptors (Lipinski definition) is 2. The van der Waals surface area contributed by atoms with E-state index in [1.54, 1.807) is 0 Å². The standard InChI is InChI=1S/C14H27N3/c1-5-17-10-9-15-14(17)11-16-13(4)8-6-7-12(2)3/h9-10,12-13,16H,5-8,11H2,1-4H3. The molecule has 1 aromatic heterocycles. The number of aryl methyl sites for hydroxylation is 1. The van der Waals surface area contributed by atoms with Gasteiger partial charge in [0.25, 0.3) is 0 Å². The van der Waals surface area contributed by atoms with Gasteiger partial charge in [-0.25, -0.2) is 4.98 Å². The maximum absolute atomic E-state index is 4.37. The molecule has 1 atom stereocenters. The van der Waals surface area contributed by atoms with Crippen LogP contribution in [0.4, 0.5) is 0 Å². The molecule has 0 aliphatic carbocycles. The fourth-order valence-corrected chi connectivity index (χ4v) is 2.00. The number of nitrogens with one attached hydrogen (secondary N) is 1. The Labute approximate surface area is 106 Å². The van der Waals surface area contributed by atoms with Gasteiger partial charge < -0.3 is 9.88 Å². The van der Waals surface area contributed by atoms with Crippen LogP contribution in [-0.2, 0) is 13.1 Å². The summed E-state index contributed by atoms with van der Waals surface area (Å²) in [5, 5.41) is 3.55. The zero-order valence-electron chi connectivity index (χ0n) is 11.7. The third kappa shape index (κ3) is 5.35. The summed E-state index contributed by atoms with van der Waals surface area (Å²) in [4.78, 5) is 4.37. The molecule has 3 nitrogen and oxygen atoms in total. The Balaban J connectivity index is 2.21. The molecular weight excluding hydrogens is 210 g/mol. The molecule has 0 aliphatic heterocycles. The van der Waals surface area contributed by atoms with Gasteiger partial charge in [0.15, 0.2) is 0 Å². The highest BCUT2D eigenvalue weighted by Gasteiger charge is 2.05. The number of aromatic nitrogens is 2. The van der Waals surface area contributed by atoms with Crippen molar-refractivity contribution in [3.05, 3.63) is 18.2 Å². The van der Waals surface area contributed by atoms with Crippen molar-refractivity contribution in [2.45, 2.75) is 66.1 Å². The number of nitrogens with zero attached hydrogens (tertiary/aromatic N) is 2. The van der Waals surface area contributed by atoms with E-state index in [9.17, 15) is 0 Å². The average Bonchev–Trinajstić information content (AvgIpc) is 2.73. The third-order valence-electron chi connectivity index (χ3n) is 3.17. The smallest absolute Gasteiger partial charge is 0.122 e. The van der Waals surface area contributed by atoms with Gasteiger partial charge in [-0.2, -0.15) is 0 Å². The molecule has 0 aliphatic rings. The molecule has 1 N–H and O–H groups in total. The minimum Gasteiger partial charge on any atom is -0.334 e. The summed E-state index contributed by atoms with van der Waals surface area (Å²) in [7, 11) is 0. The second-order valence-corrected chi connectivity index (χ2v) is 5.24. The molecule has 98 valence electrons. The van der Waals surface area contributed by atoms with Crippen LogP contribution in [0.15, 0.2) is 12.4 Å². The molecule has 0 saturated heterocycles. The fourth-order valence-electron chi connectivity index (χ4n) is 2.00. The highest BCUT2D eigenvalue weighted by molar-refractivity contribution is 4.91. The van der Waals surface area contributed by atoms with E-state index in [-0.39, 0.29) is 0 Å². The molecule has 17 heavy (non-hydrogen) atoms. The van der Waals surface area contributed by atoms with Crippen LogP contribution in [0, 0.1) is 5.92 Å². The molecule has 1 heterocycles. The molecular formula is C14H27N3. The molecule has 1 aromatic rings. The van der Waals surface area contributed by atoms with Crippen molar-refractivity contribution >= 4 is 0 Å². The van der Waals surface area contributed by atoms with Gasteiger partial charge in [-0.3, -0.25) is 0 Å². The lowest BCUT2D eigenvalue weighted by Gasteiger charge is -2.14. The average molecular weight is 237 g/mol. The van der Waals surface area contributed by atoms with Crippen LogP contribution in [0.3, 0.4) is 0 Å². The van der Waals surface area contributed by atoms with Gasteiger partial charge in [0.05, 0.1) is 6.54 Å². The Hall–Kier alpha value is -0.830. The van der Waals surface area contributed by atoms with Crippen LogP contribution >= 0.6 is 0 Å². The van der Waals surface area contributed by atoms with Crippen molar-refractivity contribution in [2.75, 3.05) is 0 Å². The first-order chi connectivity index (χ1) is 8.13. The Kier molecular flexibility index (Phi) is 6.27. The Morgan fingerprint density at radius 1 is 1.29 bits per heavy atom. The number of hydrogen-bond donors (Lipinski definition) is 1. The van der Waals surface area contributed by atoms with Gasteiger partial charge in [-0.1, -0.05) is 26.7 Å². The summed E-state index contributed by atoms with van der Waals surface area (Å²) in [6, 6.07) is 0.579. The second kappa shape index (κ2) is 7.49. The molecule has 0 radical (unpaired) electrons. The minimum absolute atomic E-state index is 0.579. The lowest BCUT2D eigenvalue weighted by atomic mass is 10.0. The van der Waals surface area contributed by atoms with Crippen molar-refractivity contribution in [3.8, 4) is 0 Å². The minimum atomic E-state index is 0.579. The third-order valence-corrected chi connectivity index (χ3v) is 3.17. The second-order valence-electron chi connectivity index (χ2n) is 5.24. The van der Waals surface area contributed by atoms with Gasteiger partial charge in [-0.05, 0) is 26.2 Å². The Morgan fingerprint density at radius 2 is 2.06 bits per heavy atom. The van der Waals surface area contributed by atoms with E-state index < -0.39 is 0 Å². The maximum atomic E-state index is 4.37. The molecule has 1 unspecified atom stereocenters. The molecule has 0 fully saturated rings. The predicted molar refractivity (Wildman–Crippen MR) is 72.9 cm³/mol. The van der Waals surface area contributed by atoms with Crippen LogP contribution in [0.2, 0.25) is 0 Å². The Bertz CT molecular complexity index is 304. The molecule has 0 aromatic carbocycles. The van der Waals surface area contributed by atoms with Crippen LogP contribution in [0.5, 0.6) is 0 Å². The van der Waals surface area contributed by atoms with E-state index in [0.717, 1.165) is 24.8 Å². The van der Waals surface area contributed by atoms with Gasteiger partial charge >= 0.3 is 0 Å². The lowest BCUT2D eigenvalue weighted by molar-refractivity contribution is 0.448. The van der Waals surface area contributed by atoms with Gasteiger partial charge in [-0.15, -0.1) is 0 Å². The van der Waals surface area contributed by atoms with Gasteiger partial charge in [0.2, 0.25) is 0 Å².